The van der Waals surface area contributed by atoms with Gasteiger partial charge in [0.1, 0.15) is 0 Å². The molecule has 0 N–H and O–H groups in total. The van der Waals surface area contributed by atoms with Crippen LogP contribution in [-0.4, -0.2) is 44.8 Å². The average Bonchev–Trinajstić information content (AvgIpc) is 2.40. The fraction of sp³-hybridized carbons (Fsp3) is 0.562. The minimum absolute atomic E-state index is 0.173. The Bertz CT molecular complexity index is 411. The van der Waals surface area contributed by atoms with E-state index in [4.69, 9.17) is 9.47 Å². The first kappa shape index (κ1) is 16.7. The van der Waals surface area contributed by atoms with Crippen molar-refractivity contribution >= 4 is 5.97 Å². The molecule has 4 nitrogen and oxygen atoms in total. The van der Waals surface area contributed by atoms with Gasteiger partial charge in [0, 0.05) is 26.7 Å². The Kier molecular flexibility index (Phi) is 7.26. The van der Waals surface area contributed by atoms with Crippen molar-refractivity contribution in [2.24, 2.45) is 0 Å². The standard InChI is InChI=1S/C16H25NO3/c1-13-9-14(2)11-15(10-13)12-17(7-8-19-3)6-5-16(18)20-4/h9-11H,5-8,12H2,1-4H3. The van der Waals surface area contributed by atoms with Crippen LogP contribution in [0.15, 0.2) is 18.2 Å². The topological polar surface area (TPSA) is 38.8 Å². The Morgan fingerprint density at radius 3 is 2.30 bits per heavy atom. The minimum Gasteiger partial charge on any atom is -0.469 e. The summed E-state index contributed by atoms with van der Waals surface area (Å²) in [5, 5.41) is 0. The first-order chi connectivity index (χ1) is 9.55. The maximum absolute atomic E-state index is 11.3. The van der Waals surface area contributed by atoms with Gasteiger partial charge in [-0.25, -0.2) is 0 Å². The van der Waals surface area contributed by atoms with Crippen LogP contribution < -0.4 is 0 Å². The number of aryl methyl sites for hydroxylation is 2. The molecule has 0 aliphatic rings. The van der Waals surface area contributed by atoms with Crippen LogP contribution in [0.2, 0.25) is 0 Å². The van der Waals surface area contributed by atoms with Crippen molar-refractivity contribution in [3.8, 4) is 0 Å². The lowest BCUT2D eigenvalue weighted by Crippen LogP contribution is -2.29. The lowest BCUT2D eigenvalue weighted by Gasteiger charge is -2.22. The molecule has 4 heteroatoms. The van der Waals surface area contributed by atoms with E-state index in [0.29, 0.717) is 19.6 Å². The van der Waals surface area contributed by atoms with Crippen LogP contribution >= 0.6 is 0 Å². The normalized spacial score (nSPS) is 10.8. The second kappa shape index (κ2) is 8.72. The molecule has 0 saturated carbocycles. The minimum atomic E-state index is -0.173. The van der Waals surface area contributed by atoms with Gasteiger partial charge in [-0.1, -0.05) is 29.3 Å². The van der Waals surface area contributed by atoms with E-state index >= 15 is 0 Å². The number of esters is 1. The maximum Gasteiger partial charge on any atom is 0.306 e. The summed E-state index contributed by atoms with van der Waals surface area (Å²) in [6.07, 6.45) is 0.408. The van der Waals surface area contributed by atoms with Crippen LogP contribution in [0.25, 0.3) is 0 Å². The Balaban J connectivity index is 2.64. The Morgan fingerprint density at radius 1 is 1.10 bits per heavy atom. The summed E-state index contributed by atoms with van der Waals surface area (Å²) in [6.45, 7) is 7.17. The molecule has 0 atom stereocenters. The smallest absolute Gasteiger partial charge is 0.306 e. The van der Waals surface area contributed by atoms with Gasteiger partial charge < -0.3 is 9.47 Å². The summed E-state index contributed by atoms with van der Waals surface area (Å²) in [4.78, 5) is 13.5. The highest BCUT2D eigenvalue weighted by molar-refractivity contribution is 5.69. The largest absolute Gasteiger partial charge is 0.469 e. The summed E-state index contributed by atoms with van der Waals surface area (Å²) in [5.74, 6) is -0.173. The zero-order valence-electron chi connectivity index (χ0n) is 12.9. The first-order valence-electron chi connectivity index (χ1n) is 6.90. The van der Waals surface area contributed by atoms with Crippen molar-refractivity contribution in [2.75, 3.05) is 33.9 Å². The third-order valence-electron chi connectivity index (χ3n) is 3.16. The monoisotopic (exact) mass is 279 g/mol. The fourth-order valence-electron chi connectivity index (χ4n) is 2.26. The van der Waals surface area contributed by atoms with Crippen LogP contribution in [0.3, 0.4) is 0 Å². The van der Waals surface area contributed by atoms with Crippen molar-refractivity contribution in [3.05, 3.63) is 34.9 Å². The molecule has 0 bridgehead atoms. The van der Waals surface area contributed by atoms with Gasteiger partial charge in [0.25, 0.3) is 0 Å². The first-order valence-corrected chi connectivity index (χ1v) is 6.90. The van der Waals surface area contributed by atoms with Crippen LogP contribution in [0.1, 0.15) is 23.1 Å². The predicted molar refractivity (Wildman–Crippen MR) is 79.7 cm³/mol. The van der Waals surface area contributed by atoms with Crippen molar-refractivity contribution in [1.82, 2.24) is 4.90 Å². The number of hydrogen-bond donors (Lipinski definition) is 0. The third kappa shape index (κ3) is 6.17. The van der Waals surface area contributed by atoms with E-state index < -0.39 is 0 Å². The van der Waals surface area contributed by atoms with Crippen molar-refractivity contribution in [3.63, 3.8) is 0 Å². The van der Waals surface area contributed by atoms with Gasteiger partial charge in [0.2, 0.25) is 0 Å². The second-order valence-corrected chi connectivity index (χ2v) is 5.09. The molecule has 0 spiro atoms. The zero-order valence-corrected chi connectivity index (χ0v) is 12.9. The Morgan fingerprint density at radius 2 is 1.75 bits per heavy atom. The van der Waals surface area contributed by atoms with E-state index in [-0.39, 0.29) is 5.97 Å². The predicted octanol–water partition coefficient (Wildman–Crippen LogP) is 2.31. The maximum atomic E-state index is 11.3. The van der Waals surface area contributed by atoms with Gasteiger partial charge in [-0.3, -0.25) is 9.69 Å². The number of benzene rings is 1. The molecule has 1 aromatic carbocycles. The van der Waals surface area contributed by atoms with Gasteiger partial charge in [-0.05, 0) is 19.4 Å². The quantitative estimate of drug-likeness (QED) is 0.685. The van der Waals surface area contributed by atoms with E-state index in [9.17, 15) is 4.79 Å². The Labute approximate surface area is 121 Å². The van der Waals surface area contributed by atoms with Crippen LogP contribution in [0.5, 0.6) is 0 Å². The lowest BCUT2D eigenvalue weighted by atomic mass is 10.1. The third-order valence-corrected chi connectivity index (χ3v) is 3.16. The van der Waals surface area contributed by atoms with Crippen molar-refractivity contribution in [1.29, 1.82) is 0 Å². The SMILES string of the molecule is COCCN(CCC(=O)OC)Cc1cc(C)cc(C)c1. The van der Waals surface area contributed by atoms with Gasteiger partial charge in [-0.15, -0.1) is 0 Å². The van der Waals surface area contributed by atoms with Crippen molar-refractivity contribution < 1.29 is 14.3 Å². The molecule has 20 heavy (non-hydrogen) atoms. The molecular formula is C16H25NO3. The summed E-state index contributed by atoms with van der Waals surface area (Å²) in [7, 11) is 3.11. The number of carbonyl (C=O) groups excluding carboxylic acids is 1. The molecule has 1 rings (SSSR count). The molecule has 0 aliphatic carbocycles. The molecular weight excluding hydrogens is 254 g/mol. The molecule has 0 heterocycles. The summed E-state index contributed by atoms with van der Waals surface area (Å²) in [6, 6.07) is 6.54. The van der Waals surface area contributed by atoms with E-state index in [1.54, 1.807) is 7.11 Å². The highest BCUT2D eigenvalue weighted by Crippen LogP contribution is 2.11. The molecule has 0 fully saturated rings. The summed E-state index contributed by atoms with van der Waals surface area (Å²) < 4.78 is 9.83. The van der Waals surface area contributed by atoms with Gasteiger partial charge in [0.15, 0.2) is 0 Å². The number of hydrogen-bond acceptors (Lipinski definition) is 4. The summed E-state index contributed by atoms with van der Waals surface area (Å²) in [5.41, 5.74) is 3.79. The van der Waals surface area contributed by atoms with E-state index in [1.165, 1.54) is 23.8 Å². The summed E-state index contributed by atoms with van der Waals surface area (Å²) >= 11 is 0. The molecule has 112 valence electrons. The number of nitrogens with zero attached hydrogens (tertiary/aromatic N) is 1. The van der Waals surface area contributed by atoms with E-state index in [2.05, 4.69) is 36.9 Å². The molecule has 1 aromatic rings. The van der Waals surface area contributed by atoms with Crippen molar-refractivity contribution in [2.45, 2.75) is 26.8 Å². The highest BCUT2D eigenvalue weighted by Gasteiger charge is 2.09. The molecule has 0 radical (unpaired) electrons. The molecule has 0 aliphatic heterocycles. The number of rotatable bonds is 8. The average molecular weight is 279 g/mol. The lowest BCUT2D eigenvalue weighted by molar-refractivity contribution is -0.141. The Hall–Kier alpha value is -1.39. The highest BCUT2D eigenvalue weighted by atomic mass is 16.5. The molecule has 0 aromatic heterocycles. The van der Waals surface area contributed by atoms with Crippen LogP contribution in [0.4, 0.5) is 0 Å². The van der Waals surface area contributed by atoms with Crippen LogP contribution in [0, 0.1) is 13.8 Å². The molecule has 0 unspecified atom stereocenters. The van der Waals surface area contributed by atoms with E-state index in [1.807, 2.05) is 0 Å². The zero-order chi connectivity index (χ0) is 15.0. The van der Waals surface area contributed by atoms with Crippen LogP contribution in [-0.2, 0) is 20.8 Å². The van der Waals surface area contributed by atoms with Gasteiger partial charge in [-0.2, -0.15) is 0 Å². The van der Waals surface area contributed by atoms with Gasteiger partial charge >= 0.3 is 5.97 Å². The number of carbonyl (C=O) groups is 1. The number of ether oxygens (including phenoxy) is 2. The molecule has 0 saturated heterocycles. The number of methoxy groups -OCH3 is 2. The van der Waals surface area contributed by atoms with Gasteiger partial charge in [0.05, 0.1) is 20.1 Å². The second-order valence-electron chi connectivity index (χ2n) is 5.09. The fourth-order valence-corrected chi connectivity index (χ4v) is 2.26. The van der Waals surface area contributed by atoms with E-state index in [0.717, 1.165) is 13.1 Å². The molecule has 0 amide bonds.